The van der Waals surface area contributed by atoms with Gasteiger partial charge in [0.05, 0.1) is 25.0 Å². The van der Waals surface area contributed by atoms with Crippen molar-refractivity contribution < 1.29 is 9.53 Å². The molecular formula is C15H18N4O2. The van der Waals surface area contributed by atoms with Crippen LogP contribution in [-0.4, -0.2) is 29.4 Å². The molecule has 2 rings (SSSR count). The average molecular weight is 286 g/mol. The summed E-state index contributed by atoms with van der Waals surface area (Å²) in [5, 5.41) is 6.86. The number of rotatable bonds is 6. The van der Waals surface area contributed by atoms with E-state index in [1.54, 1.807) is 42.4 Å². The minimum absolute atomic E-state index is 0.219. The molecule has 21 heavy (non-hydrogen) atoms. The lowest BCUT2D eigenvalue weighted by Crippen LogP contribution is -2.07. The van der Waals surface area contributed by atoms with Crippen LogP contribution in [0, 0.1) is 0 Å². The first-order chi connectivity index (χ1) is 10.2. The van der Waals surface area contributed by atoms with Gasteiger partial charge in [-0.3, -0.25) is 9.48 Å². The molecule has 0 radical (unpaired) electrons. The Kier molecular flexibility index (Phi) is 5.11. The molecule has 1 heterocycles. The number of aromatic nitrogens is 2. The number of methoxy groups -OCH3 is 1. The Hall–Kier alpha value is -2.60. The fraction of sp³-hybridized carbons (Fsp3) is 0.200. The number of amides is 1. The highest BCUT2D eigenvalue weighted by Crippen LogP contribution is 2.09. The Bertz CT molecular complexity index is 634. The Labute approximate surface area is 123 Å². The van der Waals surface area contributed by atoms with Gasteiger partial charge in [0.25, 0.3) is 0 Å². The third-order valence-corrected chi connectivity index (χ3v) is 2.76. The Balaban J connectivity index is 1.90. The molecular weight excluding hydrogens is 268 g/mol. The lowest BCUT2D eigenvalue weighted by molar-refractivity contribution is -0.111. The highest BCUT2D eigenvalue weighted by atomic mass is 16.5. The molecule has 2 aromatic rings. The minimum Gasteiger partial charge on any atom is -0.399 e. The number of benzene rings is 1. The van der Waals surface area contributed by atoms with Gasteiger partial charge in [0.2, 0.25) is 5.91 Å². The molecule has 0 spiro atoms. The quantitative estimate of drug-likeness (QED) is 0.626. The van der Waals surface area contributed by atoms with Crippen molar-refractivity contribution in [3.8, 4) is 0 Å². The number of nitrogen functional groups attached to an aromatic ring is 1. The van der Waals surface area contributed by atoms with E-state index in [-0.39, 0.29) is 5.91 Å². The summed E-state index contributed by atoms with van der Waals surface area (Å²) in [7, 11) is 1.63. The van der Waals surface area contributed by atoms with Crippen molar-refractivity contribution in [1.82, 2.24) is 9.78 Å². The summed E-state index contributed by atoms with van der Waals surface area (Å²) in [4.78, 5) is 11.8. The Morgan fingerprint density at radius 1 is 1.52 bits per heavy atom. The Morgan fingerprint density at radius 2 is 2.38 bits per heavy atom. The molecule has 6 heteroatoms. The van der Waals surface area contributed by atoms with Crippen molar-refractivity contribution in [3.63, 3.8) is 0 Å². The van der Waals surface area contributed by atoms with Gasteiger partial charge >= 0.3 is 0 Å². The van der Waals surface area contributed by atoms with E-state index in [1.807, 2.05) is 12.1 Å². The zero-order valence-electron chi connectivity index (χ0n) is 11.8. The second kappa shape index (κ2) is 7.25. The molecule has 0 bridgehead atoms. The maximum Gasteiger partial charge on any atom is 0.248 e. The molecule has 0 atom stereocenters. The lowest BCUT2D eigenvalue weighted by atomic mass is 10.2. The maximum absolute atomic E-state index is 11.8. The molecule has 0 aliphatic carbocycles. The molecule has 1 amide bonds. The van der Waals surface area contributed by atoms with E-state index >= 15 is 0 Å². The summed E-state index contributed by atoms with van der Waals surface area (Å²) < 4.78 is 6.67. The van der Waals surface area contributed by atoms with Crippen molar-refractivity contribution >= 4 is 23.4 Å². The van der Waals surface area contributed by atoms with Gasteiger partial charge in [0.15, 0.2) is 0 Å². The van der Waals surface area contributed by atoms with Crippen LogP contribution in [0.2, 0.25) is 0 Å². The first-order valence-corrected chi connectivity index (χ1v) is 6.53. The summed E-state index contributed by atoms with van der Waals surface area (Å²) >= 11 is 0. The molecule has 1 aromatic heterocycles. The van der Waals surface area contributed by atoms with Crippen LogP contribution in [0.15, 0.2) is 42.7 Å². The molecule has 0 fully saturated rings. The first-order valence-electron chi connectivity index (χ1n) is 6.53. The zero-order valence-corrected chi connectivity index (χ0v) is 11.8. The van der Waals surface area contributed by atoms with Gasteiger partial charge in [-0.15, -0.1) is 0 Å². The van der Waals surface area contributed by atoms with Gasteiger partial charge in [-0.05, 0) is 23.8 Å². The van der Waals surface area contributed by atoms with E-state index in [1.165, 1.54) is 6.08 Å². The average Bonchev–Trinajstić information content (AvgIpc) is 2.90. The fourth-order valence-electron chi connectivity index (χ4n) is 1.75. The predicted octanol–water partition coefficient (Wildman–Crippen LogP) is 1.76. The van der Waals surface area contributed by atoms with E-state index in [0.717, 1.165) is 5.56 Å². The maximum atomic E-state index is 11.8. The largest absolute Gasteiger partial charge is 0.399 e. The van der Waals surface area contributed by atoms with Crippen LogP contribution in [0.3, 0.4) is 0 Å². The van der Waals surface area contributed by atoms with E-state index in [9.17, 15) is 4.79 Å². The number of hydrogen-bond donors (Lipinski definition) is 2. The summed E-state index contributed by atoms with van der Waals surface area (Å²) in [6, 6.07) is 7.31. The number of carbonyl (C=O) groups excluding carboxylic acids is 1. The smallest absolute Gasteiger partial charge is 0.248 e. The fourth-order valence-corrected chi connectivity index (χ4v) is 1.75. The van der Waals surface area contributed by atoms with Crippen molar-refractivity contribution in [2.24, 2.45) is 0 Å². The molecule has 0 aliphatic heterocycles. The third-order valence-electron chi connectivity index (χ3n) is 2.76. The van der Waals surface area contributed by atoms with Crippen molar-refractivity contribution in [2.75, 3.05) is 24.8 Å². The van der Waals surface area contributed by atoms with Gasteiger partial charge in [-0.2, -0.15) is 5.10 Å². The second-order valence-electron chi connectivity index (χ2n) is 4.48. The van der Waals surface area contributed by atoms with E-state index < -0.39 is 0 Å². The molecule has 110 valence electrons. The number of ether oxygens (including phenoxy) is 1. The van der Waals surface area contributed by atoms with Crippen molar-refractivity contribution in [3.05, 3.63) is 48.3 Å². The number of carbonyl (C=O) groups is 1. The van der Waals surface area contributed by atoms with E-state index in [4.69, 9.17) is 10.5 Å². The standard InChI is InChI=1S/C15H18N4O2/c1-21-8-7-19-11-14(10-17-19)18-15(20)6-5-12-3-2-4-13(16)9-12/h2-6,9-11H,7-8,16H2,1H3,(H,18,20)/b6-5+. The molecule has 6 nitrogen and oxygen atoms in total. The summed E-state index contributed by atoms with van der Waals surface area (Å²) in [6.07, 6.45) is 6.52. The molecule has 0 saturated heterocycles. The van der Waals surface area contributed by atoms with Gasteiger partial charge < -0.3 is 15.8 Å². The number of nitrogens with two attached hydrogens (primary N) is 1. The molecule has 1 aromatic carbocycles. The topological polar surface area (TPSA) is 82.2 Å². The van der Waals surface area contributed by atoms with Crippen LogP contribution in [-0.2, 0) is 16.1 Å². The van der Waals surface area contributed by atoms with Gasteiger partial charge in [0, 0.05) is 25.1 Å². The number of nitrogens with zero attached hydrogens (tertiary/aromatic N) is 2. The highest BCUT2D eigenvalue weighted by molar-refractivity contribution is 6.01. The monoisotopic (exact) mass is 286 g/mol. The molecule has 0 saturated carbocycles. The Morgan fingerprint density at radius 3 is 3.14 bits per heavy atom. The van der Waals surface area contributed by atoms with Crippen LogP contribution in [0.5, 0.6) is 0 Å². The third kappa shape index (κ3) is 4.77. The lowest BCUT2D eigenvalue weighted by Gasteiger charge is -1.99. The number of hydrogen-bond acceptors (Lipinski definition) is 4. The zero-order chi connectivity index (χ0) is 15.1. The van der Waals surface area contributed by atoms with Crippen LogP contribution in [0.25, 0.3) is 6.08 Å². The van der Waals surface area contributed by atoms with Crippen LogP contribution >= 0.6 is 0 Å². The molecule has 0 unspecified atom stereocenters. The summed E-state index contributed by atoms with van der Waals surface area (Å²) in [5.74, 6) is -0.219. The highest BCUT2D eigenvalue weighted by Gasteiger charge is 2.01. The van der Waals surface area contributed by atoms with Gasteiger partial charge in [-0.1, -0.05) is 12.1 Å². The predicted molar refractivity (Wildman–Crippen MR) is 82.6 cm³/mol. The summed E-state index contributed by atoms with van der Waals surface area (Å²) in [5.41, 5.74) is 7.86. The van der Waals surface area contributed by atoms with Crippen LogP contribution in [0.1, 0.15) is 5.56 Å². The van der Waals surface area contributed by atoms with Gasteiger partial charge in [-0.25, -0.2) is 0 Å². The first kappa shape index (κ1) is 14.8. The SMILES string of the molecule is COCCn1cc(NC(=O)/C=C/c2cccc(N)c2)cn1. The normalized spacial score (nSPS) is 10.9. The molecule has 0 aliphatic rings. The number of anilines is 2. The van der Waals surface area contributed by atoms with Crippen molar-refractivity contribution in [2.45, 2.75) is 6.54 Å². The number of nitrogens with one attached hydrogen (secondary N) is 1. The van der Waals surface area contributed by atoms with E-state index in [0.29, 0.717) is 24.5 Å². The second-order valence-corrected chi connectivity index (χ2v) is 4.48. The minimum atomic E-state index is -0.219. The van der Waals surface area contributed by atoms with E-state index in [2.05, 4.69) is 10.4 Å². The van der Waals surface area contributed by atoms with Crippen LogP contribution in [0.4, 0.5) is 11.4 Å². The van der Waals surface area contributed by atoms with Gasteiger partial charge in [0.1, 0.15) is 0 Å². The summed E-state index contributed by atoms with van der Waals surface area (Å²) in [6.45, 7) is 1.22. The van der Waals surface area contributed by atoms with Crippen molar-refractivity contribution in [1.29, 1.82) is 0 Å². The molecule has 3 N–H and O–H groups in total. The van der Waals surface area contributed by atoms with Crippen LogP contribution < -0.4 is 11.1 Å².